The number of nitrogens with zero attached hydrogens (tertiary/aromatic N) is 2. The number of carbonyl (C=O) groups excluding carboxylic acids is 4. The summed E-state index contributed by atoms with van der Waals surface area (Å²) in [7, 11) is 0. The highest BCUT2D eigenvalue weighted by molar-refractivity contribution is 7.08. The molecule has 164 valence electrons. The van der Waals surface area contributed by atoms with E-state index in [0.717, 1.165) is 24.2 Å². The summed E-state index contributed by atoms with van der Waals surface area (Å²) in [4.78, 5) is 57.6. The molecule has 2 aromatic rings. The Hall–Kier alpha value is -3.20. The predicted molar refractivity (Wildman–Crippen MR) is 116 cm³/mol. The maximum absolute atomic E-state index is 12.7. The number of hydrogen-bond donors (Lipinski definition) is 1. The van der Waals surface area contributed by atoms with Crippen molar-refractivity contribution in [3.63, 3.8) is 0 Å². The van der Waals surface area contributed by atoms with Crippen molar-refractivity contribution in [2.75, 3.05) is 19.6 Å². The molecule has 1 aliphatic rings. The normalized spacial score (nSPS) is 13.4. The van der Waals surface area contributed by atoms with Gasteiger partial charge in [0.05, 0.1) is 5.56 Å². The molecule has 8 nitrogen and oxygen atoms in total. The molecule has 1 aromatic carbocycles. The molecule has 4 amide bonds. The first-order valence-corrected chi connectivity index (χ1v) is 11.2. The number of benzene rings is 1. The largest absolute Gasteiger partial charge is 0.441 e. The van der Waals surface area contributed by atoms with E-state index in [1.165, 1.54) is 23.5 Å². The van der Waals surface area contributed by atoms with Gasteiger partial charge in [-0.3, -0.25) is 14.4 Å². The minimum absolute atomic E-state index is 0.123. The van der Waals surface area contributed by atoms with Gasteiger partial charge >= 0.3 is 6.09 Å². The van der Waals surface area contributed by atoms with Crippen LogP contribution in [0.1, 0.15) is 63.7 Å². The van der Waals surface area contributed by atoms with Crippen LogP contribution in [0.3, 0.4) is 0 Å². The molecule has 1 aliphatic heterocycles. The van der Waals surface area contributed by atoms with Gasteiger partial charge in [-0.05, 0) is 55.3 Å². The Balaban J connectivity index is 1.62. The van der Waals surface area contributed by atoms with Crippen LogP contribution in [0.15, 0.2) is 41.1 Å². The standard InChI is InChI=1S/C22H25N3O5S/c1-2-10-25(21(28)18-9-13-31-15-18)22(29)30-23-19(26)16-7-6-8-17(14-16)20(27)24-11-4-3-5-12-24/h6-9,13-15H,2-5,10-12H2,1H3,(H,23,26). The number of imide groups is 1. The minimum atomic E-state index is -0.966. The molecule has 2 heterocycles. The maximum atomic E-state index is 12.7. The zero-order valence-corrected chi connectivity index (χ0v) is 18.2. The van der Waals surface area contributed by atoms with E-state index in [2.05, 4.69) is 5.48 Å². The average molecular weight is 444 g/mol. The molecule has 1 N–H and O–H groups in total. The molecule has 0 saturated carbocycles. The zero-order valence-electron chi connectivity index (χ0n) is 17.3. The number of rotatable bonds is 5. The van der Waals surface area contributed by atoms with Gasteiger partial charge in [0.2, 0.25) is 0 Å². The van der Waals surface area contributed by atoms with E-state index in [9.17, 15) is 19.2 Å². The molecule has 1 aromatic heterocycles. The van der Waals surface area contributed by atoms with Crippen molar-refractivity contribution in [2.24, 2.45) is 0 Å². The number of thiophene rings is 1. The smallest absolute Gasteiger partial charge is 0.339 e. The average Bonchev–Trinajstić information content (AvgIpc) is 3.35. The second-order valence-corrected chi connectivity index (χ2v) is 7.98. The van der Waals surface area contributed by atoms with Gasteiger partial charge in [0.1, 0.15) is 0 Å². The Kier molecular flexibility index (Phi) is 7.77. The monoisotopic (exact) mass is 443 g/mol. The van der Waals surface area contributed by atoms with Crippen LogP contribution >= 0.6 is 11.3 Å². The lowest BCUT2D eigenvalue weighted by Gasteiger charge is -2.26. The molecule has 0 aliphatic carbocycles. The van der Waals surface area contributed by atoms with Crippen LogP contribution in [0.5, 0.6) is 0 Å². The lowest BCUT2D eigenvalue weighted by atomic mass is 10.1. The SMILES string of the molecule is CCCN(C(=O)ONC(=O)c1cccc(C(=O)N2CCCCC2)c1)C(=O)c1ccsc1. The zero-order chi connectivity index (χ0) is 22.2. The van der Waals surface area contributed by atoms with E-state index in [1.54, 1.807) is 33.9 Å². The van der Waals surface area contributed by atoms with Crippen molar-refractivity contribution in [1.29, 1.82) is 0 Å². The van der Waals surface area contributed by atoms with Gasteiger partial charge in [-0.25, -0.2) is 9.69 Å². The van der Waals surface area contributed by atoms with Crippen LogP contribution in [-0.4, -0.2) is 53.2 Å². The third-order valence-corrected chi connectivity index (χ3v) is 5.61. The van der Waals surface area contributed by atoms with Gasteiger partial charge in [-0.2, -0.15) is 16.8 Å². The first-order valence-electron chi connectivity index (χ1n) is 10.3. The Bertz CT molecular complexity index is 938. The van der Waals surface area contributed by atoms with E-state index in [4.69, 9.17) is 4.84 Å². The van der Waals surface area contributed by atoms with E-state index in [0.29, 0.717) is 30.6 Å². The molecule has 0 atom stereocenters. The van der Waals surface area contributed by atoms with Crippen molar-refractivity contribution in [3.05, 3.63) is 57.8 Å². The maximum Gasteiger partial charge on any atom is 0.441 e. The highest BCUT2D eigenvalue weighted by atomic mass is 32.1. The highest BCUT2D eigenvalue weighted by Crippen LogP contribution is 2.15. The fourth-order valence-corrected chi connectivity index (χ4v) is 3.95. The molecular formula is C22H25N3O5S. The molecule has 1 saturated heterocycles. The number of piperidine rings is 1. The van der Waals surface area contributed by atoms with Crippen LogP contribution in [0.25, 0.3) is 0 Å². The number of carbonyl (C=O) groups is 4. The molecule has 0 spiro atoms. The number of hydroxylamine groups is 1. The summed E-state index contributed by atoms with van der Waals surface area (Å²) in [5.41, 5.74) is 3.05. The quantitative estimate of drug-likeness (QED) is 0.711. The predicted octanol–water partition coefficient (Wildman–Crippen LogP) is 3.71. The van der Waals surface area contributed by atoms with Crippen LogP contribution < -0.4 is 5.48 Å². The van der Waals surface area contributed by atoms with Gasteiger partial charge < -0.3 is 9.74 Å². The van der Waals surface area contributed by atoms with Crippen molar-refractivity contribution in [1.82, 2.24) is 15.3 Å². The van der Waals surface area contributed by atoms with Crippen LogP contribution in [0.2, 0.25) is 0 Å². The second kappa shape index (κ2) is 10.7. The van der Waals surface area contributed by atoms with Crippen molar-refractivity contribution in [2.45, 2.75) is 32.6 Å². The summed E-state index contributed by atoms with van der Waals surface area (Å²) < 4.78 is 0. The Morgan fingerprint density at radius 2 is 1.81 bits per heavy atom. The number of hydrogen-bond acceptors (Lipinski definition) is 6. The number of likely N-dealkylation sites (tertiary alicyclic amines) is 1. The summed E-state index contributed by atoms with van der Waals surface area (Å²) in [5, 5.41) is 3.38. The lowest BCUT2D eigenvalue weighted by molar-refractivity contribution is 0.0381. The van der Waals surface area contributed by atoms with Crippen LogP contribution in [0, 0.1) is 0 Å². The summed E-state index contributed by atoms with van der Waals surface area (Å²) in [5.74, 6) is -1.29. The first-order chi connectivity index (χ1) is 15.0. The van der Waals surface area contributed by atoms with E-state index >= 15 is 0 Å². The molecule has 9 heteroatoms. The summed E-state index contributed by atoms with van der Waals surface area (Å²) in [6, 6.07) is 7.88. The molecule has 0 unspecified atom stereocenters. The van der Waals surface area contributed by atoms with Gasteiger partial charge in [0, 0.05) is 36.1 Å². The molecule has 31 heavy (non-hydrogen) atoms. The third kappa shape index (κ3) is 5.69. The third-order valence-electron chi connectivity index (χ3n) is 4.93. The van der Waals surface area contributed by atoms with E-state index < -0.39 is 17.9 Å². The van der Waals surface area contributed by atoms with Gasteiger partial charge in [-0.15, -0.1) is 0 Å². The Morgan fingerprint density at radius 1 is 1.06 bits per heavy atom. The second-order valence-electron chi connectivity index (χ2n) is 7.20. The van der Waals surface area contributed by atoms with Crippen molar-refractivity contribution in [3.8, 4) is 0 Å². The Labute approximate surface area is 184 Å². The topological polar surface area (TPSA) is 96.0 Å². The minimum Gasteiger partial charge on any atom is -0.339 e. The van der Waals surface area contributed by atoms with Crippen LogP contribution in [-0.2, 0) is 4.84 Å². The number of nitrogens with one attached hydrogen (secondary N) is 1. The lowest BCUT2D eigenvalue weighted by Crippen LogP contribution is -2.41. The van der Waals surface area contributed by atoms with E-state index in [1.807, 2.05) is 6.92 Å². The fraction of sp³-hybridized carbons (Fsp3) is 0.364. The fourth-order valence-electron chi connectivity index (χ4n) is 3.32. The van der Waals surface area contributed by atoms with Crippen LogP contribution in [0.4, 0.5) is 4.79 Å². The summed E-state index contributed by atoms with van der Waals surface area (Å²) in [6.45, 7) is 3.39. The van der Waals surface area contributed by atoms with Crippen molar-refractivity contribution >= 4 is 35.2 Å². The molecule has 1 fully saturated rings. The van der Waals surface area contributed by atoms with Gasteiger partial charge in [0.25, 0.3) is 17.7 Å². The van der Waals surface area contributed by atoms with Gasteiger partial charge in [-0.1, -0.05) is 13.0 Å². The van der Waals surface area contributed by atoms with E-state index in [-0.39, 0.29) is 18.0 Å². The summed E-state index contributed by atoms with van der Waals surface area (Å²) >= 11 is 1.34. The first kappa shape index (κ1) is 22.5. The molecule has 0 radical (unpaired) electrons. The van der Waals surface area contributed by atoms with Crippen molar-refractivity contribution < 1.29 is 24.0 Å². The molecule has 3 rings (SSSR count). The molecular weight excluding hydrogens is 418 g/mol. The van der Waals surface area contributed by atoms with Gasteiger partial charge in [0.15, 0.2) is 0 Å². The molecule has 0 bridgehead atoms. The highest BCUT2D eigenvalue weighted by Gasteiger charge is 2.25. The summed E-state index contributed by atoms with van der Waals surface area (Å²) in [6.07, 6.45) is 2.63. The Morgan fingerprint density at radius 3 is 2.48 bits per heavy atom. The number of amides is 4.